The molecule has 10 nitrogen and oxygen atoms in total. The second-order valence-corrected chi connectivity index (χ2v) is 12.9. The molecule has 4 aliphatic heterocycles. The lowest BCUT2D eigenvalue weighted by Gasteiger charge is -2.38. The van der Waals surface area contributed by atoms with Gasteiger partial charge in [-0.15, -0.1) is 0 Å². The lowest BCUT2D eigenvalue weighted by Crippen LogP contribution is -2.58. The zero-order valence-electron chi connectivity index (χ0n) is 26.0. The van der Waals surface area contributed by atoms with Crippen LogP contribution in [-0.4, -0.2) is 76.7 Å². The Bertz CT molecular complexity index is 1580. The molecule has 0 unspecified atom stereocenters. The summed E-state index contributed by atoms with van der Waals surface area (Å²) in [4.78, 5) is 59.3. The maximum Gasteiger partial charge on any atom is 0.313 e. The topological polar surface area (TPSA) is 125 Å². The van der Waals surface area contributed by atoms with E-state index in [1.807, 2.05) is 49.4 Å². The number of ether oxygens (including phenoxy) is 2. The molecule has 0 saturated carbocycles. The molecule has 4 heterocycles. The lowest BCUT2D eigenvalue weighted by molar-refractivity contribution is -0.161. The van der Waals surface area contributed by atoms with Gasteiger partial charge in [0.15, 0.2) is 0 Å². The molecule has 2 aromatic carbocycles. The van der Waals surface area contributed by atoms with Crippen LogP contribution in [0.2, 0.25) is 5.02 Å². The summed E-state index contributed by atoms with van der Waals surface area (Å²) in [7, 11) is 0. The Morgan fingerprint density at radius 1 is 1.07 bits per heavy atom. The molecule has 2 fully saturated rings. The van der Waals surface area contributed by atoms with Gasteiger partial charge in [-0.05, 0) is 44.4 Å². The fraction of sp³-hybridized carbons (Fsp3) is 0.429. The van der Waals surface area contributed by atoms with Crippen LogP contribution in [0.25, 0.3) is 0 Å². The van der Waals surface area contributed by atoms with Crippen molar-refractivity contribution in [3.8, 4) is 0 Å². The van der Waals surface area contributed by atoms with E-state index in [-0.39, 0.29) is 18.9 Å². The van der Waals surface area contributed by atoms with Crippen molar-refractivity contribution < 1.29 is 33.8 Å². The van der Waals surface area contributed by atoms with Crippen molar-refractivity contribution in [3.63, 3.8) is 0 Å². The predicted octanol–water partition coefficient (Wildman–Crippen LogP) is 3.65. The molecule has 2 saturated heterocycles. The van der Waals surface area contributed by atoms with Crippen molar-refractivity contribution in [1.82, 2.24) is 10.2 Å². The van der Waals surface area contributed by atoms with E-state index in [1.165, 1.54) is 9.80 Å². The average Bonchev–Trinajstić information content (AvgIpc) is 3.69. The number of esters is 1. The summed E-state index contributed by atoms with van der Waals surface area (Å²) < 4.78 is 12.7. The molecule has 6 rings (SSSR count). The molecule has 0 radical (unpaired) electrons. The molecule has 5 bridgehead atoms. The van der Waals surface area contributed by atoms with Crippen molar-refractivity contribution >= 4 is 41.0 Å². The highest BCUT2D eigenvalue weighted by Gasteiger charge is 2.74. The normalized spacial score (nSPS) is 32.7. The van der Waals surface area contributed by atoms with E-state index in [0.717, 1.165) is 5.56 Å². The lowest BCUT2D eigenvalue weighted by atomic mass is 9.74. The van der Waals surface area contributed by atoms with Crippen LogP contribution in [-0.2, 0) is 28.7 Å². The second kappa shape index (κ2) is 12.7. The largest absolute Gasteiger partial charge is 0.455 e. The number of halogens is 1. The van der Waals surface area contributed by atoms with E-state index in [2.05, 4.69) is 5.32 Å². The minimum Gasteiger partial charge on any atom is -0.455 e. The first-order chi connectivity index (χ1) is 22.1. The first kappa shape index (κ1) is 32.0. The summed E-state index contributed by atoms with van der Waals surface area (Å²) in [6, 6.07) is 11.9. The highest BCUT2D eigenvalue weighted by atomic mass is 35.5. The maximum absolute atomic E-state index is 14.9. The SMILES string of the molecule is Cc1cccc(Cl)c1N1C/C=C\CCC(=O)N[C@H](C)[C@@H](c2ccccc2)OC(=O)[C@@H]2[C@@H]3C=C[C@]4(O3)[C@H](C1=O)N([C@H](C)CO)C(=O)[C@@H]24. The number of aliphatic hydroxyl groups is 1. The fourth-order valence-corrected chi connectivity index (χ4v) is 7.67. The first-order valence-electron chi connectivity index (χ1n) is 15.7. The summed E-state index contributed by atoms with van der Waals surface area (Å²) in [6.07, 6.45) is 5.98. The number of benzene rings is 2. The second-order valence-electron chi connectivity index (χ2n) is 12.5. The van der Waals surface area contributed by atoms with Crippen LogP contribution in [0.4, 0.5) is 5.69 Å². The van der Waals surface area contributed by atoms with Crippen molar-refractivity contribution in [1.29, 1.82) is 0 Å². The highest BCUT2D eigenvalue weighted by Crippen LogP contribution is 2.56. The van der Waals surface area contributed by atoms with Crippen molar-refractivity contribution in [2.75, 3.05) is 18.1 Å². The third kappa shape index (κ3) is 5.32. The van der Waals surface area contributed by atoms with Gasteiger partial charge in [0.25, 0.3) is 5.91 Å². The Labute approximate surface area is 273 Å². The number of likely N-dealkylation sites (tertiary alicyclic amines) is 1. The van der Waals surface area contributed by atoms with Crippen molar-refractivity contribution in [3.05, 3.63) is 89.0 Å². The standard InChI is InChI=1S/C35H38ClN3O7/c1-20-11-10-14-24(36)29(20)38-18-9-5-8-15-26(41)37-22(3)30(23-12-6-4-7-13-23)45-34(44)27-25-16-17-35(46-25)28(27)32(42)39(21(2)19-40)31(35)33(38)43/h4-7,9-14,16-17,21-22,25,27-28,30-31,40H,8,15,18-19H2,1-3H3,(H,37,41)/b9-5-/t21-,22-,25+,27-,28-,30+,31+,35-/m1/s1. The summed E-state index contributed by atoms with van der Waals surface area (Å²) in [5.74, 6) is -3.95. The van der Waals surface area contributed by atoms with Gasteiger partial charge in [0.05, 0.1) is 41.4 Å². The number of hydrogen-bond donors (Lipinski definition) is 2. The van der Waals surface area contributed by atoms with Crippen LogP contribution >= 0.6 is 11.6 Å². The Kier molecular flexibility index (Phi) is 8.80. The molecule has 46 heavy (non-hydrogen) atoms. The van der Waals surface area contributed by atoms with Gasteiger partial charge in [0.2, 0.25) is 11.8 Å². The Morgan fingerprint density at radius 2 is 1.83 bits per heavy atom. The van der Waals surface area contributed by atoms with Crippen LogP contribution in [0.3, 0.4) is 0 Å². The van der Waals surface area contributed by atoms with Gasteiger partial charge in [-0.2, -0.15) is 0 Å². The van der Waals surface area contributed by atoms with Crippen molar-refractivity contribution in [2.45, 2.75) is 69.5 Å². The number of nitrogens with zero attached hydrogens (tertiary/aromatic N) is 2. The highest BCUT2D eigenvalue weighted by molar-refractivity contribution is 6.34. The number of carbonyl (C=O) groups excluding carboxylic acids is 4. The van der Waals surface area contributed by atoms with E-state index in [0.29, 0.717) is 22.7 Å². The summed E-state index contributed by atoms with van der Waals surface area (Å²) in [5.41, 5.74) is 0.432. The van der Waals surface area contributed by atoms with Gasteiger partial charge in [0.1, 0.15) is 23.7 Å². The molecular weight excluding hydrogens is 610 g/mol. The summed E-state index contributed by atoms with van der Waals surface area (Å²) in [5, 5.41) is 13.6. The fourth-order valence-electron chi connectivity index (χ4n) is 7.34. The number of cyclic esters (lactones) is 1. The van der Waals surface area contributed by atoms with Gasteiger partial charge < -0.3 is 29.7 Å². The monoisotopic (exact) mass is 647 g/mol. The number of hydrogen-bond acceptors (Lipinski definition) is 7. The maximum atomic E-state index is 14.9. The number of carbonyl (C=O) groups is 4. The van der Waals surface area contributed by atoms with E-state index < -0.39 is 72.2 Å². The van der Waals surface area contributed by atoms with Crippen LogP contribution in [0.15, 0.2) is 72.8 Å². The molecule has 8 atom stereocenters. The molecule has 1 spiro atoms. The molecule has 2 aromatic rings. The van der Waals surface area contributed by atoms with E-state index in [4.69, 9.17) is 21.1 Å². The van der Waals surface area contributed by atoms with Gasteiger partial charge in [-0.1, -0.05) is 78.4 Å². The number of amides is 3. The molecular formula is C35H38ClN3O7. The number of aryl methyl sites for hydroxylation is 1. The average molecular weight is 648 g/mol. The molecule has 4 aliphatic rings. The molecule has 242 valence electrons. The molecule has 2 N–H and O–H groups in total. The summed E-state index contributed by atoms with van der Waals surface area (Å²) in [6.45, 7) is 4.97. The van der Waals surface area contributed by atoms with E-state index in [9.17, 15) is 24.3 Å². The number of anilines is 1. The van der Waals surface area contributed by atoms with Gasteiger partial charge in [-0.3, -0.25) is 19.2 Å². The Balaban J connectivity index is 1.48. The van der Waals surface area contributed by atoms with Gasteiger partial charge >= 0.3 is 5.97 Å². The Morgan fingerprint density at radius 3 is 2.54 bits per heavy atom. The number of rotatable bonds is 4. The number of aliphatic hydroxyl groups excluding tert-OH is 1. The quantitative estimate of drug-likeness (QED) is 0.383. The minimum atomic E-state index is -1.47. The molecule has 3 amide bonds. The van der Waals surface area contributed by atoms with Crippen LogP contribution in [0.1, 0.15) is 43.9 Å². The van der Waals surface area contributed by atoms with Crippen LogP contribution in [0.5, 0.6) is 0 Å². The number of allylic oxidation sites excluding steroid dienone is 1. The number of nitrogens with one attached hydrogen (secondary N) is 1. The predicted molar refractivity (Wildman–Crippen MR) is 171 cm³/mol. The smallest absolute Gasteiger partial charge is 0.313 e. The molecule has 0 aromatic heterocycles. The van der Waals surface area contributed by atoms with Gasteiger partial charge in [0, 0.05) is 13.0 Å². The van der Waals surface area contributed by atoms with E-state index >= 15 is 0 Å². The zero-order valence-corrected chi connectivity index (χ0v) is 26.7. The molecule has 11 heteroatoms. The van der Waals surface area contributed by atoms with Gasteiger partial charge in [-0.25, -0.2) is 0 Å². The number of fused-ring (bicyclic) bond motifs is 2. The minimum absolute atomic E-state index is 0.100. The van der Waals surface area contributed by atoms with E-state index in [1.54, 1.807) is 44.2 Å². The Hall–Kier alpha value is -3.99. The third-order valence-corrected chi connectivity index (χ3v) is 9.79. The molecule has 0 aliphatic carbocycles. The zero-order chi connectivity index (χ0) is 32.7. The van der Waals surface area contributed by atoms with Crippen molar-refractivity contribution in [2.24, 2.45) is 11.8 Å². The number of para-hydroxylation sites is 1. The summed E-state index contributed by atoms with van der Waals surface area (Å²) >= 11 is 6.69. The first-order valence-corrected chi connectivity index (χ1v) is 16.0. The third-order valence-electron chi connectivity index (χ3n) is 9.49. The van der Waals surface area contributed by atoms with Crippen LogP contribution < -0.4 is 10.2 Å². The van der Waals surface area contributed by atoms with Crippen LogP contribution in [0, 0.1) is 18.8 Å².